The number of hydrogen-bond acceptors (Lipinski definition) is 7. The highest BCUT2D eigenvalue weighted by Crippen LogP contribution is 2.28. The van der Waals surface area contributed by atoms with E-state index in [2.05, 4.69) is 36.9 Å². The number of pyridine rings is 1. The van der Waals surface area contributed by atoms with Crippen LogP contribution in [0.15, 0.2) is 48.0 Å². The minimum atomic E-state index is -0.0193. The smallest absolute Gasteiger partial charge is 0.254 e. The fraction of sp³-hybridized carbons (Fsp3) is 0.364. The van der Waals surface area contributed by atoms with Gasteiger partial charge in [0.1, 0.15) is 12.1 Å². The van der Waals surface area contributed by atoms with Crippen LogP contribution in [-0.4, -0.2) is 47.2 Å². The summed E-state index contributed by atoms with van der Waals surface area (Å²) >= 11 is 0. The number of fused-ring (bicyclic) bond motifs is 1. The highest BCUT2D eigenvalue weighted by Gasteiger charge is 2.24. The van der Waals surface area contributed by atoms with Gasteiger partial charge in [0.15, 0.2) is 0 Å². The number of piperidine rings is 1. The fourth-order valence-electron chi connectivity index (χ4n) is 4.24. The van der Waals surface area contributed by atoms with Crippen LogP contribution in [-0.2, 0) is 6.54 Å². The molecule has 1 saturated heterocycles. The topological polar surface area (TPSA) is 94.1 Å². The highest BCUT2D eigenvalue weighted by atomic mass is 16.1. The van der Waals surface area contributed by atoms with Gasteiger partial charge in [0.25, 0.3) is 11.3 Å². The summed E-state index contributed by atoms with van der Waals surface area (Å²) in [7, 11) is 0. The normalized spacial score (nSPS) is 15.0. The molecule has 5 rings (SSSR count). The molecule has 0 aliphatic carbocycles. The van der Waals surface area contributed by atoms with Gasteiger partial charge in [-0.2, -0.15) is 14.6 Å². The van der Waals surface area contributed by atoms with Gasteiger partial charge < -0.3 is 4.90 Å². The summed E-state index contributed by atoms with van der Waals surface area (Å²) in [5.41, 5.74) is 3.66. The Hall–Kier alpha value is -3.62. The Morgan fingerprint density at radius 3 is 2.61 bits per heavy atom. The lowest BCUT2D eigenvalue weighted by Crippen LogP contribution is -2.38. The zero-order valence-corrected chi connectivity index (χ0v) is 17.6. The van der Waals surface area contributed by atoms with Gasteiger partial charge in [-0.3, -0.25) is 14.3 Å². The van der Waals surface area contributed by atoms with Gasteiger partial charge in [-0.15, -0.1) is 0 Å². The predicted octanol–water partition coefficient (Wildman–Crippen LogP) is 2.28. The Labute approximate surface area is 179 Å². The van der Waals surface area contributed by atoms with Gasteiger partial charge in [-0.05, 0) is 44.7 Å². The molecule has 0 aromatic carbocycles. The Morgan fingerprint density at radius 1 is 1.10 bits per heavy atom. The van der Waals surface area contributed by atoms with E-state index in [1.165, 1.54) is 0 Å². The lowest BCUT2D eigenvalue weighted by Gasteiger charge is -2.34. The number of aryl methyl sites for hydroxylation is 1. The highest BCUT2D eigenvalue weighted by molar-refractivity contribution is 5.57. The van der Waals surface area contributed by atoms with Gasteiger partial charge in [0.2, 0.25) is 0 Å². The number of rotatable bonds is 4. The van der Waals surface area contributed by atoms with Crippen molar-refractivity contribution in [2.75, 3.05) is 18.0 Å². The molecule has 1 aliphatic heterocycles. The zero-order valence-electron chi connectivity index (χ0n) is 17.6. The quantitative estimate of drug-likeness (QED) is 0.504. The summed E-state index contributed by atoms with van der Waals surface area (Å²) in [4.78, 5) is 32.3. The molecule has 0 bridgehead atoms. The first-order chi connectivity index (χ1) is 15.1. The molecule has 4 aromatic rings. The molecule has 4 aromatic heterocycles. The Bertz CT molecular complexity index is 1270. The van der Waals surface area contributed by atoms with Gasteiger partial charge in [-0.1, -0.05) is 0 Å². The van der Waals surface area contributed by atoms with Crippen molar-refractivity contribution in [2.24, 2.45) is 5.92 Å². The van der Waals surface area contributed by atoms with Crippen LogP contribution in [0.5, 0.6) is 0 Å². The molecular formula is C22H24N8O. The molecular weight excluding hydrogens is 392 g/mol. The minimum Gasteiger partial charge on any atom is -0.356 e. The first-order valence-corrected chi connectivity index (χ1v) is 10.5. The molecule has 0 atom stereocenters. The second-order valence-corrected chi connectivity index (χ2v) is 8.05. The van der Waals surface area contributed by atoms with E-state index in [4.69, 9.17) is 0 Å². The number of hydrogen-bond donors (Lipinski definition) is 0. The molecule has 9 nitrogen and oxygen atoms in total. The van der Waals surface area contributed by atoms with E-state index in [0.29, 0.717) is 23.9 Å². The third-order valence-electron chi connectivity index (χ3n) is 6.10. The van der Waals surface area contributed by atoms with E-state index in [-0.39, 0.29) is 5.56 Å². The molecule has 0 spiro atoms. The Balaban J connectivity index is 1.29. The Kier molecular flexibility index (Phi) is 4.93. The summed E-state index contributed by atoms with van der Waals surface area (Å²) in [5, 5.41) is 4.37. The molecule has 0 radical (unpaired) electrons. The second-order valence-electron chi connectivity index (χ2n) is 8.05. The third-order valence-corrected chi connectivity index (χ3v) is 6.10. The lowest BCUT2D eigenvalue weighted by molar-refractivity contribution is 0.349. The van der Waals surface area contributed by atoms with Crippen molar-refractivity contribution >= 4 is 11.6 Å². The maximum atomic E-state index is 12.6. The van der Waals surface area contributed by atoms with Gasteiger partial charge in [0.05, 0.1) is 12.0 Å². The van der Waals surface area contributed by atoms with Crippen molar-refractivity contribution < 1.29 is 0 Å². The van der Waals surface area contributed by atoms with E-state index < -0.39 is 0 Å². The van der Waals surface area contributed by atoms with E-state index >= 15 is 0 Å². The second kappa shape index (κ2) is 7.90. The Morgan fingerprint density at radius 2 is 1.87 bits per heavy atom. The van der Waals surface area contributed by atoms with Crippen LogP contribution in [0.1, 0.15) is 24.1 Å². The zero-order chi connectivity index (χ0) is 21.4. The average molecular weight is 416 g/mol. The van der Waals surface area contributed by atoms with Crippen LogP contribution in [0.2, 0.25) is 0 Å². The van der Waals surface area contributed by atoms with Crippen molar-refractivity contribution in [1.29, 1.82) is 0 Å². The molecule has 9 heteroatoms. The molecule has 1 fully saturated rings. The fourth-order valence-corrected chi connectivity index (χ4v) is 4.24. The molecule has 5 heterocycles. The van der Waals surface area contributed by atoms with Crippen LogP contribution < -0.4 is 10.5 Å². The van der Waals surface area contributed by atoms with Crippen molar-refractivity contribution in [2.45, 2.75) is 33.2 Å². The van der Waals surface area contributed by atoms with Gasteiger partial charge in [-0.25, -0.2) is 9.97 Å². The molecule has 0 N–H and O–H groups in total. The molecule has 0 saturated carbocycles. The molecule has 158 valence electrons. The van der Waals surface area contributed by atoms with Crippen LogP contribution in [0, 0.1) is 19.8 Å². The van der Waals surface area contributed by atoms with Crippen LogP contribution in [0.25, 0.3) is 17.0 Å². The monoisotopic (exact) mass is 416 g/mol. The van der Waals surface area contributed by atoms with Crippen molar-refractivity contribution in [3.63, 3.8) is 0 Å². The van der Waals surface area contributed by atoms with E-state index in [1.807, 2.05) is 23.6 Å². The van der Waals surface area contributed by atoms with Crippen molar-refractivity contribution in [3.05, 3.63) is 64.9 Å². The summed E-state index contributed by atoms with van der Waals surface area (Å²) in [5.74, 6) is 2.13. The summed E-state index contributed by atoms with van der Waals surface area (Å²) < 4.78 is 3.55. The average Bonchev–Trinajstić information content (AvgIpc) is 3.25. The van der Waals surface area contributed by atoms with Crippen molar-refractivity contribution in [3.8, 4) is 11.3 Å². The SMILES string of the molecule is Cc1nc2ncnn2c(N2CCC(Cn3cnc(-c4ccncc4)cc3=O)CC2)c1C. The largest absolute Gasteiger partial charge is 0.356 e. The van der Waals surface area contributed by atoms with Crippen LogP contribution >= 0.6 is 0 Å². The summed E-state index contributed by atoms with van der Waals surface area (Å²) in [6, 6.07) is 5.32. The van der Waals surface area contributed by atoms with Gasteiger partial charge in [0, 0.05) is 54.9 Å². The number of nitrogens with zero attached hydrogens (tertiary/aromatic N) is 8. The minimum absolute atomic E-state index is 0.0193. The first-order valence-electron chi connectivity index (χ1n) is 10.5. The van der Waals surface area contributed by atoms with Gasteiger partial charge >= 0.3 is 0 Å². The number of anilines is 1. The van der Waals surface area contributed by atoms with E-state index in [9.17, 15) is 4.79 Å². The molecule has 31 heavy (non-hydrogen) atoms. The standard InChI is InChI=1S/C22H24N8O/c1-15-16(2)27-22-24-13-26-30(22)21(15)28-9-5-17(6-10-28)12-29-14-25-19(11-20(29)31)18-3-7-23-8-4-18/h3-4,7-8,11,13-14,17H,5-6,9-10,12H2,1-2H3. The van der Waals surface area contributed by atoms with Crippen molar-refractivity contribution in [1.82, 2.24) is 34.1 Å². The summed E-state index contributed by atoms with van der Waals surface area (Å²) in [6.45, 7) is 6.58. The number of aromatic nitrogens is 7. The molecule has 0 amide bonds. The molecule has 0 unspecified atom stereocenters. The van der Waals surface area contributed by atoms with Crippen LogP contribution in [0.3, 0.4) is 0 Å². The third kappa shape index (κ3) is 3.67. The van der Waals surface area contributed by atoms with Crippen LogP contribution in [0.4, 0.5) is 5.82 Å². The van der Waals surface area contributed by atoms with E-state index in [0.717, 1.165) is 48.6 Å². The lowest BCUT2D eigenvalue weighted by atomic mass is 9.96. The summed E-state index contributed by atoms with van der Waals surface area (Å²) in [6.07, 6.45) is 8.61. The molecule has 1 aliphatic rings. The predicted molar refractivity (Wildman–Crippen MR) is 117 cm³/mol. The maximum Gasteiger partial charge on any atom is 0.254 e. The maximum absolute atomic E-state index is 12.6. The van der Waals surface area contributed by atoms with E-state index in [1.54, 1.807) is 35.7 Å². The first kappa shape index (κ1) is 19.3.